The van der Waals surface area contributed by atoms with E-state index in [2.05, 4.69) is 11.1 Å². The van der Waals surface area contributed by atoms with Gasteiger partial charge in [-0.1, -0.05) is 32.0 Å². The lowest BCUT2D eigenvalue weighted by atomic mass is 9.97. The molecule has 0 radical (unpaired) electrons. The summed E-state index contributed by atoms with van der Waals surface area (Å²) in [5.41, 5.74) is 2.63. The maximum atomic E-state index is 12.8. The molecule has 7 heteroatoms. The lowest BCUT2D eigenvalue weighted by Crippen LogP contribution is -2.25. The number of carbonyl (C=O) groups is 2. The molecule has 6 nitrogen and oxygen atoms in total. The van der Waals surface area contributed by atoms with Crippen molar-refractivity contribution in [2.75, 3.05) is 6.61 Å². The highest BCUT2D eigenvalue weighted by Crippen LogP contribution is 2.45. The first-order valence-electron chi connectivity index (χ1n) is 11.8. The summed E-state index contributed by atoms with van der Waals surface area (Å²) in [6.07, 6.45) is 3.09. The molecule has 2 aromatic carbocycles. The van der Waals surface area contributed by atoms with Crippen molar-refractivity contribution >= 4 is 44.4 Å². The van der Waals surface area contributed by atoms with Gasteiger partial charge in [0.1, 0.15) is 5.69 Å². The van der Waals surface area contributed by atoms with Crippen LogP contribution in [0.4, 0.5) is 0 Å². The van der Waals surface area contributed by atoms with Gasteiger partial charge in [0.2, 0.25) is 0 Å². The zero-order valence-electron chi connectivity index (χ0n) is 20.8. The van der Waals surface area contributed by atoms with Crippen LogP contribution in [0.3, 0.4) is 0 Å². The van der Waals surface area contributed by atoms with Gasteiger partial charge in [-0.05, 0) is 57.0 Å². The van der Waals surface area contributed by atoms with Crippen molar-refractivity contribution in [2.45, 2.75) is 47.5 Å². The molecular weight excluding hydrogens is 460 g/mol. The number of benzene rings is 2. The van der Waals surface area contributed by atoms with Crippen LogP contribution in [0.2, 0.25) is 0 Å². The van der Waals surface area contributed by atoms with Crippen LogP contribution < -0.4 is 4.74 Å². The molecule has 35 heavy (non-hydrogen) atoms. The van der Waals surface area contributed by atoms with Gasteiger partial charge >= 0.3 is 11.9 Å². The van der Waals surface area contributed by atoms with Gasteiger partial charge in [0.25, 0.3) is 0 Å². The highest BCUT2D eigenvalue weighted by Gasteiger charge is 2.27. The summed E-state index contributed by atoms with van der Waals surface area (Å²) < 4.78 is 12.3. The highest BCUT2D eigenvalue weighted by molar-refractivity contribution is 7.22. The van der Waals surface area contributed by atoms with E-state index >= 15 is 0 Å². The fraction of sp³-hybridized carbons (Fsp3) is 0.357. The number of rotatable bonds is 7. The quantitative estimate of drug-likeness (QED) is 0.272. The third kappa shape index (κ3) is 5.51. The zero-order chi connectivity index (χ0) is 25.2. The van der Waals surface area contributed by atoms with Gasteiger partial charge in [-0.15, -0.1) is 11.3 Å². The number of thiophene rings is 1. The number of ether oxygens (including phenoxy) is 2. The predicted octanol–water partition coefficient (Wildman–Crippen LogP) is 6.59. The summed E-state index contributed by atoms with van der Waals surface area (Å²) in [6.45, 7) is 9.67. The topological polar surface area (TPSA) is 78.4 Å². The van der Waals surface area contributed by atoms with Crippen LogP contribution in [0.15, 0.2) is 48.7 Å². The summed E-state index contributed by atoms with van der Waals surface area (Å²) >= 11 is 1.51. The fourth-order valence-electron chi connectivity index (χ4n) is 3.43. The van der Waals surface area contributed by atoms with Crippen LogP contribution in [0.25, 0.3) is 31.7 Å². The zero-order valence-corrected chi connectivity index (χ0v) is 21.6. The molecule has 0 spiro atoms. The van der Waals surface area contributed by atoms with Gasteiger partial charge in [0, 0.05) is 16.5 Å². The van der Waals surface area contributed by atoms with Crippen LogP contribution >= 0.6 is 11.3 Å². The fourth-order valence-corrected chi connectivity index (χ4v) is 4.58. The lowest BCUT2D eigenvalue weighted by Gasteiger charge is -2.17. The molecule has 1 unspecified atom stereocenters. The minimum Gasteiger partial charge on any atom is -0.465 e. The molecule has 0 saturated heterocycles. The average Bonchev–Trinajstić information content (AvgIpc) is 3.20. The van der Waals surface area contributed by atoms with Gasteiger partial charge < -0.3 is 9.47 Å². The largest absolute Gasteiger partial charge is 0.465 e. The molecule has 0 aliphatic carbocycles. The number of hydrogen-bond donors (Lipinski definition) is 0. The number of fused-ring (bicyclic) bond motifs is 2. The van der Waals surface area contributed by atoms with Gasteiger partial charge in [-0.25, -0.2) is 4.98 Å². The van der Waals surface area contributed by atoms with Crippen molar-refractivity contribution in [1.29, 1.82) is 0 Å². The van der Waals surface area contributed by atoms with Crippen molar-refractivity contribution in [3.63, 3.8) is 0 Å². The number of hydrogen-bond acceptors (Lipinski definition) is 7. The Bertz CT molecular complexity index is 1390. The SMILES string of the molecule is CCC(C)C(=O)OCCc1ccc2c(OC(=O)C(C)(C)C)c(-c3cnc4ccccc4n3)sc2c1. The maximum absolute atomic E-state index is 12.8. The number of nitrogens with zero attached hydrogens (tertiary/aromatic N) is 2. The van der Waals surface area contributed by atoms with Crippen LogP contribution in [0.5, 0.6) is 5.75 Å². The first-order valence-corrected chi connectivity index (χ1v) is 12.7. The van der Waals surface area contributed by atoms with E-state index in [1.165, 1.54) is 11.3 Å². The Balaban J connectivity index is 1.70. The molecule has 0 amide bonds. The molecule has 0 bridgehead atoms. The first kappa shape index (κ1) is 24.8. The number of para-hydroxylation sites is 2. The maximum Gasteiger partial charge on any atom is 0.316 e. The lowest BCUT2D eigenvalue weighted by molar-refractivity contribution is -0.148. The smallest absolute Gasteiger partial charge is 0.316 e. The van der Waals surface area contributed by atoms with Crippen LogP contribution in [0.1, 0.15) is 46.6 Å². The summed E-state index contributed by atoms with van der Waals surface area (Å²) in [5.74, 6) is -0.0730. The number of aromatic nitrogens is 2. The van der Waals surface area contributed by atoms with E-state index in [9.17, 15) is 9.59 Å². The summed E-state index contributed by atoms with van der Waals surface area (Å²) in [5, 5.41) is 0.845. The molecular formula is C28H30N2O4S. The minimum atomic E-state index is -0.653. The Hall–Kier alpha value is -3.32. The molecule has 0 N–H and O–H groups in total. The standard InChI is InChI=1S/C28H30N2O4S/c1-6-17(2)26(31)33-14-13-18-11-12-19-23(15-18)35-25(24(19)34-27(32)28(3,4)5)22-16-29-20-9-7-8-10-21(20)30-22/h7-12,15-17H,6,13-14H2,1-5H3. The van der Waals surface area contributed by atoms with Crippen molar-refractivity contribution < 1.29 is 19.1 Å². The normalized spacial score (nSPS) is 12.6. The van der Waals surface area contributed by atoms with Crippen LogP contribution in [-0.2, 0) is 20.7 Å². The molecule has 0 saturated carbocycles. The number of carbonyl (C=O) groups excluding carboxylic acids is 2. The summed E-state index contributed by atoms with van der Waals surface area (Å²) in [4.78, 5) is 34.9. The van der Waals surface area contributed by atoms with E-state index in [-0.39, 0.29) is 17.9 Å². The second kappa shape index (κ2) is 10.1. The molecule has 4 aromatic rings. The van der Waals surface area contributed by atoms with Crippen LogP contribution in [0, 0.1) is 11.3 Å². The molecule has 2 aromatic heterocycles. The van der Waals surface area contributed by atoms with Crippen molar-refractivity contribution in [2.24, 2.45) is 11.3 Å². The third-order valence-corrected chi connectivity index (χ3v) is 7.00. The van der Waals surface area contributed by atoms with E-state index in [1.54, 1.807) is 6.20 Å². The Labute approximate surface area is 209 Å². The molecule has 1 atom stereocenters. The second-order valence-corrected chi connectivity index (χ2v) is 10.8. The molecule has 0 aliphatic rings. The molecule has 182 valence electrons. The van der Waals surface area contributed by atoms with Gasteiger partial charge in [-0.2, -0.15) is 0 Å². The van der Waals surface area contributed by atoms with Gasteiger partial charge in [0.15, 0.2) is 5.75 Å². The van der Waals surface area contributed by atoms with E-state index in [0.717, 1.165) is 38.0 Å². The Morgan fingerprint density at radius 2 is 1.83 bits per heavy atom. The molecule has 0 aliphatic heterocycles. The Morgan fingerprint density at radius 1 is 1.09 bits per heavy atom. The van der Waals surface area contributed by atoms with E-state index < -0.39 is 5.41 Å². The molecule has 4 rings (SSSR count). The minimum absolute atomic E-state index is 0.0968. The van der Waals surface area contributed by atoms with E-state index in [0.29, 0.717) is 24.5 Å². The summed E-state index contributed by atoms with van der Waals surface area (Å²) in [6, 6.07) is 13.7. The van der Waals surface area contributed by atoms with E-state index in [4.69, 9.17) is 14.5 Å². The monoisotopic (exact) mass is 490 g/mol. The van der Waals surface area contributed by atoms with E-state index in [1.807, 2.05) is 71.0 Å². The van der Waals surface area contributed by atoms with Gasteiger partial charge in [0.05, 0.1) is 40.0 Å². The Kier molecular flexibility index (Phi) is 7.17. The number of esters is 2. The first-order chi connectivity index (χ1) is 16.7. The second-order valence-electron chi connectivity index (χ2n) is 9.70. The predicted molar refractivity (Wildman–Crippen MR) is 140 cm³/mol. The molecule has 2 heterocycles. The summed E-state index contributed by atoms with van der Waals surface area (Å²) in [7, 11) is 0. The van der Waals surface area contributed by atoms with Crippen LogP contribution in [-0.4, -0.2) is 28.5 Å². The third-order valence-electron chi connectivity index (χ3n) is 5.85. The molecule has 0 fully saturated rings. The average molecular weight is 491 g/mol. The van der Waals surface area contributed by atoms with Crippen molar-refractivity contribution in [1.82, 2.24) is 9.97 Å². The Morgan fingerprint density at radius 3 is 2.54 bits per heavy atom. The highest BCUT2D eigenvalue weighted by atomic mass is 32.1. The van der Waals surface area contributed by atoms with Crippen molar-refractivity contribution in [3.05, 3.63) is 54.2 Å². The van der Waals surface area contributed by atoms with Gasteiger partial charge in [-0.3, -0.25) is 14.6 Å². The van der Waals surface area contributed by atoms with Crippen molar-refractivity contribution in [3.8, 4) is 16.3 Å².